The lowest BCUT2D eigenvalue weighted by Crippen LogP contribution is -2.15. The van der Waals surface area contributed by atoms with Gasteiger partial charge in [-0.15, -0.1) is 0 Å². The molecule has 0 unspecified atom stereocenters. The molecule has 0 aromatic rings. The summed E-state index contributed by atoms with van der Waals surface area (Å²) in [5.41, 5.74) is 2.12. The molecule has 0 spiro atoms. The van der Waals surface area contributed by atoms with Crippen LogP contribution in [0.15, 0.2) is 11.1 Å². The van der Waals surface area contributed by atoms with E-state index in [4.69, 9.17) is 0 Å². The summed E-state index contributed by atoms with van der Waals surface area (Å²) in [4.78, 5) is 10.7. The van der Waals surface area contributed by atoms with Crippen LogP contribution in [0.25, 0.3) is 0 Å². The molecule has 0 fully saturated rings. The van der Waals surface area contributed by atoms with Gasteiger partial charge in [-0.25, -0.2) is 0 Å². The standard InChI is InChI=1S/C10H18O/c1-6-10(4,5)9(7-11)8(2)3/h7H,6H2,1-5H3. The van der Waals surface area contributed by atoms with Crippen molar-refractivity contribution in [1.82, 2.24) is 0 Å². The van der Waals surface area contributed by atoms with E-state index in [1.54, 1.807) is 0 Å². The van der Waals surface area contributed by atoms with E-state index in [-0.39, 0.29) is 5.41 Å². The van der Waals surface area contributed by atoms with Crippen molar-refractivity contribution in [1.29, 1.82) is 0 Å². The number of hydrogen-bond donors (Lipinski definition) is 0. The highest BCUT2D eigenvalue weighted by molar-refractivity contribution is 5.76. The highest BCUT2D eigenvalue weighted by atomic mass is 16.1. The number of allylic oxidation sites excluding steroid dienone is 2. The minimum absolute atomic E-state index is 0.0422. The fourth-order valence-corrected chi connectivity index (χ4v) is 1.14. The second-order valence-corrected chi connectivity index (χ2v) is 3.77. The van der Waals surface area contributed by atoms with Gasteiger partial charge >= 0.3 is 0 Å². The molecule has 64 valence electrons. The van der Waals surface area contributed by atoms with Gasteiger partial charge in [-0.05, 0) is 31.3 Å². The largest absolute Gasteiger partial charge is 0.298 e. The number of carbonyl (C=O) groups is 1. The number of hydrogen-bond acceptors (Lipinski definition) is 1. The minimum Gasteiger partial charge on any atom is -0.298 e. The van der Waals surface area contributed by atoms with E-state index in [1.807, 2.05) is 13.8 Å². The van der Waals surface area contributed by atoms with Crippen LogP contribution >= 0.6 is 0 Å². The van der Waals surface area contributed by atoms with Gasteiger partial charge in [-0.1, -0.05) is 26.3 Å². The van der Waals surface area contributed by atoms with Gasteiger partial charge in [0.15, 0.2) is 0 Å². The lowest BCUT2D eigenvalue weighted by atomic mass is 9.80. The number of aldehydes is 1. The summed E-state index contributed by atoms with van der Waals surface area (Å²) < 4.78 is 0. The van der Waals surface area contributed by atoms with Gasteiger partial charge in [-0.2, -0.15) is 0 Å². The van der Waals surface area contributed by atoms with Crippen molar-refractivity contribution in [2.24, 2.45) is 5.41 Å². The molecule has 1 nitrogen and oxygen atoms in total. The summed E-state index contributed by atoms with van der Waals surface area (Å²) in [6.45, 7) is 10.3. The Hall–Kier alpha value is -0.590. The van der Waals surface area contributed by atoms with E-state index in [1.165, 1.54) is 0 Å². The molecule has 0 aromatic carbocycles. The van der Waals surface area contributed by atoms with E-state index in [0.717, 1.165) is 23.9 Å². The molecule has 1 heteroatoms. The maximum absolute atomic E-state index is 10.7. The average Bonchev–Trinajstić information content (AvgIpc) is 1.88. The number of carbonyl (C=O) groups excluding carboxylic acids is 1. The van der Waals surface area contributed by atoms with Crippen LogP contribution in [-0.2, 0) is 4.79 Å². The first-order valence-electron chi connectivity index (χ1n) is 4.09. The molecular formula is C10H18O. The molecule has 0 rings (SSSR count). The van der Waals surface area contributed by atoms with Crippen LogP contribution in [0.4, 0.5) is 0 Å². The SMILES string of the molecule is CCC(C)(C)C(C=O)=C(C)C. The van der Waals surface area contributed by atoms with Crippen LogP contribution in [0.1, 0.15) is 41.0 Å². The maximum atomic E-state index is 10.7. The smallest absolute Gasteiger partial charge is 0.146 e. The first kappa shape index (κ1) is 10.4. The predicted octanol–water partition coefficient (Wildman–Crippen LogP) is 2.96. The molecule has 0 aliphatic heterocycles. The Morgan fingerprint density at radius 1 is 1.36 bits per heavy atom. The molecule has 0 amide bonds. The summed E-state index contributed by atoms with van der Waals surface area (Å²) in [5, 5.41) is 0. The Morgan fingerprint density at radius 2 is 1.82 bits per heavy atom. The lowest BCUT2D eigenvalue weighted by Gasteiger charge is -2.23. The summed E-state index contributed by atoms with van der Waals surface area (Å²) in [6.07, 6.45) is 1.99. The third kappa shape index (κ3) is 2.49. The Labute approximate surface area is 69.5 Å². The summed E-state index contributed by atoms with van der Waals surface area (Å²) in [5.74, 6) is 0. The first-order valence-corrected chi connectivity index (χ1v) is 4.09. The van der Waals surface area contributed by atoms with E-state index in [9.17, 15) is 4.79 Å². The molecule has 0 atom stereocenters. The van der Waals surface area contributed by atoms with E-state index >= 15 is 0 Å². The van der Waals surface area contributed by atoms with Crippen molar-refractivity contribution in [3.05, 3.63) is 11.1 Å². The second kappa shape index (κ2) is 3.70. The Kier molecular flexibility index (Phi) is 3.50. The Bertz CT molecular complexity index is 171. The van der Waals surface area contributed by atoms with Gasteiger partial charge in [-0.3, -0.25) is 4.79 Å². The molecular weight excluding hydrogens is 136 g/mol. The molecule has 0 saturated heterocycles. The number of rotatable bonds is 3. The third-order valence-corrected chi connectivity index (χ3v) is 2.27. The molecule has 0 aromatic heterocycles. The molecule has 0 heterocycles. The van der Waals surface area contributed by atoms with Crippen LogP contribution < -0.4 is 0 Å². The van der Waals surface area contributed by atoms with Gasteiger partial charge in [0.25, 0.3) is 0 Å². The van der Waals surface area contributed by atoms with Gasteiger partial charge in [0, 0.05) is 0 Å². The van der Waals surface area contributed by atoms with Gasteiger partial charge in [0.2, 0.25) is 0 Å². The molecule has 0 saturated carbocycles. The topological polar surface area (TPSA) is 17.1 Å². The average molecular weight is 154 g/mol. The lowest BCUT2D eigenvalue weighted by molar-refractivity contribution is -0.105. The van der Waals surface area contributed by atoms with Gasteiger partial charge in [0.1, 0.15) is 6.29 Å². The Balaban J connectivity index is 4.79. The van der Waals surface area contributed by atoms with Crippen molar-refractivity contribution >= 4 is 6.29 Å². The van der Waals surface area contributed by atoms with Crippen molar-refractivity contribution < 1.29 is 4.79 Å². The third-order valence-electron chi connectivity index (χ3n) is 2.27. The van der Waals surface area contributed by atoms with Crippen LogP contribution in [-0.4, -0.2) is 6.29 Å². The van der Waals surface area contributed by atoms with Crippen molar-refractivity contribution in [3.8, 4) is 0 Å². The zero-order chi connectivity index (χ0) is 9.07. The zero-order valence-corrected chi connectivity index (χ0v) is 8.19. The van der Waals surface area contributed by atoms with Crippen molar-refractivity contribution in [3.63, 3.8) is 0 Å². The molecule has 0 bridgehead atoms. The maximum Gasteiger partial charge on any atom is 0.146 e. The first-order chi connectivity index (χ1) is 4.95. The van der Waals surface area contributed by atoms with Crippen molar-refractivity contribution in [2.45, 2.75) is 41.0 Å². The van der Waals surface area contributed by atoms with Crippen molar-refractivity contribution in [2.75, 3.05) is 0 Å². The highest BCUT2D eigenvalue weighted by Crippen LogP contribution is 2.30. The quantitative estimate of drug-likeness (QED) is 0.451. The minimum atomic E-state index is 0.0422. The Morgan fingerprint density at radius 3 is 1.91 bits per heavy atom. The van der Waals surface area contributed by atoms with Gasteiger partial charge < -0.3 is 0 Å². The monoisotopic (exact) mass is 154 g/mol. The van der Waals surface area contributed by atoms with Crippen LogP contribution in [0.2, 0.25) is 0 Å². The van der Waals surface area contributed by atoms with Crippen LogP contribution in [0.3, 0.4) is 0 Å². The predicted molar refractivity (Wildman–Crippen MR) is 48.5 cm³/mol. The molecule has 11 heavy (non-hydrogen) atoms. The van der Waals surface area contributed by atoms with Crippen LogP contribution in [0, 0.1) is 5.41 Å². The molecule has 0 N–H and O–H groups in total. The fraction of sp³-hybridized carbons (Fsp3) is 0.700. The molecule has 0 radical (unpaired) electrons. The summed E-state index contributed by atoms with van der Waals surface area (Å²) >= 11 is 0. The van der Waals surface area contributed by atoms with E-state index in [0.29, 0.717) is 0 Å². The molecule has 0 aliphatic carbocycles. The normalized spacial score (nSPS) is 11.0. The molecule has 0 aliphatic rings. The van der Waals surface area contributed by atoms with E-state index < -0.39 is 0 Å². The summed E-state index contributed by atoms with van der Waals surface area (Å²) in [7, 11) is 0. The van der Waals surface area contributed by atoms with Crippen LogP contribution in [0.5, 0.6) is 0 Å². The van der Waals surface area contributed by atoms with Gasteiger partial charge in [0.05, 0.1) is 0 Å². The summed E-state index contributed by atoms with van der Waals surface area (Å²) in [6, 6.07) is 0. The fourth-order valence-electron chi connectivity index (χ4n) is 1.14. The zero-order valence-electron chi connectivity index (χ0n) is 8.19. The van der Waals surface area contributed by atoms with E-state index in [2.05, 4.69) is 20.8 Å². The second-order valence-electron chi connectivity index (χ2n) is 3.77. The highest BCUT2D eigenvalue weighted by Gasteiger charge is 2.21.